The van der Waals surface area contributed by atoms with E-state index in [4.69, 9.17) is 11.6 Å². The van der Waals surface area contributed by atoms with Crippen LogP contribution in [0.1, 0.15) is 20.7 Å². The number of hydrogen-bond donors (Lipinski definition) is 3. The van der Waals surface area contributed by atoms with Gasteiger partial charge in [0.15, 0.2) is 0 Å². The Morgan fingerprint density at radius 1 is 0.955 bits per heavy atom. The van der Waals surface area contributed by atoms with E-state index in [1.807, 2.05) is 6.07 Å². The molecular formula is C16H15ClN2O3. The molecule has 0 aliphatic heterocycles. The van der Waals surface area contributed by atoms with Gasteiger partial charge in [-0.3, -0.25) is 9.59 Å². The summed E-state index contributed by atoms with van der Waals surface area (Å²) in [6, 6.07) is 13.0. The van der Waals surface area contributed by atoms with Crippen LogP contribution in [-0.2, 0) is 0 Å². The maximum Gasteiger partial charge on any atom is 0.255 e. The maximum absolute atomic E-state index is 11.9. The highest BCUT2D eigenvalue weighted by Gasteiger charge is 2.11. The summed E-state index contributed by atoms with van der Waals surface area (Å²) in [5.41, 5.74) is 0.656. The standard InChI is InChI=1S/C16H15ClN2O3/c17-12-6-7-14(20)13(10-12)16(22)19-9-8-18-15(21)11-4-2-1-3-5-11/h1-7,10,20H,8-9H2,(H,18,21)(H,19,22). The van der Waals surface area contributed by atoms with Crippen LogP contribution in [0, 0.1) is 0 Å². The summed E-state index contributed by atoms with van der Waals surface area (Å²) in [5.74, 6) is -0.801. The van der Waals surface area contributed by atoms with Crippen molar-refractivity contribution in [1.29, 1.82) is 0 Å². The summed E-state index contributed by atoms with van der Waals surface area (Å²) in [6.07, 6.45) is 0. The fourth-order valence-electron chi connectivity index (χ4n) is 1.83. The minimum absolute atomic E-state index is 0.0990. The quantitative estimate of drug-likeness (QED) is 0.740. The largest absolute Gasteiger partial charge is 0.507 e. The van der Waals surface area contributed by atoms with E-state index in [-0.39, 0.29) is 30.3 Å². The molecule has 0 aromatic heterocycles. The molecule has 0 saturated heterocycles. The summed E-state index contributed by atoms with van der Waals surface area (Å²) in [5, 5.41) is 15.3. The number of carbonyl (C=O) groups is 2. The SMILES string of the molecule is O=C(NCCNC(=O)c1cc(Cl)ccc1O)c1ccccc1. The van der Waals surface area contributed by atoms with Crippen LogP contribution in [0.2, 0.25) is 5.02 Å². The highest BCUT2D eigenvalue weighted by Crippen LogP contribution is 2.21. The lowest BCUT2D eigenvalue weighted by Crippen LogP contribution is -2.34. The van der Waals surface area contributed by atoms with Gasteiger partial charge in [-0.1, -0.05) is 29.8 Å². The number of carbonyl (C=O) groups excluding carboxylic acids is 2. The second-order valence-electron chi connectivity index (χ2n) is 4.54. The average Bonchev–Trinajstić information content (AvgIpc) is 2.54. The molecule has 2 rings (SSSR count). The van der Waals surface area contributed by atoms with Crippen molar-refractivity contribution in [1.82, 2.24) is 10.6 Å². The van der Waals surface area contributed by atoms with E-state index in [2.05, 4.69) is 10.6 Å². The van der Waals surface area contributed by atoms with Gasteiger partial charge in [0.2, 0.25) is 0 Å². The Balaban J connectivity index is 1.80. The predicted molar refractivity (Wildman–Crippen MR) is 84.2 cm³/mol. The summed E-state index contributed by atoms with van der Waals surface area (Å²) < 4.78 is 0. The van der Waals surface area contributed by atoms with Gasteiger partial charge in [-0.25, -0.2) is 0 Å². The van der Waals surface area contributed by atoms with Crippen LogP contribution in [0.25, 0.3) is 0 Å². The van der Waals surface area contributed by atoms with E-state index in [1.54, 1.807) is 24.3 Å². The van der Waals surface area contributed by atoms with Crippen LogP contribution in [-0.4, -0.2) is 30.0 Å². The number of rotatable bonds is 5. The summed E-state index contributed by atoms with van der Waals surface area (Å²) in [7, 11) is 0. The Labute approximate surface area is 132 Å². The van der Waals surface area contributed by atoms with E-state index < -0.39 is 5.91 Å². The van der Waals surface area contributed by atoms with Crippen LogP contribution in [0.3, 0.4) is 0 Å². The van der Waals surface area contributed by atoms with Gasteiger partial charge < -0.3 is 15.7 Å². The molecule has 2 aromatic carbocycles. The monoisotopic (exact) mass is 318 g/mol. The zero-order chi connectivity index (χ0) is 15.9. The minimum Gasteiger partial charge on any atom is -0.507 e. The molecule has 0 heterocycles. The smallest absolute Gasteiger partial charge is 0.255 e. The van der Waals surface area contributed by atoms with Crippen molar-refractivity contribution in [3.63, 3.8) is 0 Å². The van der Waals surface area contributed by atoms with E-state index in [1.165, 1.54) is 18.2 Å². The fourth-order valence-corrected chi connectivity index (χ4v) is 2.00. The van der Waals surface area contributed by atoms with Crippen LogP contribution in [0.5, 0.6) is 5.75 Å². The molecule has 0 atom stereocenters. The molecule has 22 heavy (non-hydrogen) atoms. The number of amides is 2. The van der Waals surface area contributed by atoms with Crippen molar-refractivity contribution in [3.8, 4) is 5.75 Å². The summed E-state index contributed by atoms with van der Waals surface area (Å²) in [6.45, 7) is 0.518. The summed E-state index contributed by atoms with van der Waals surface area (Å²) >= 11 is 5.78. The van der Waals surface area contributed by atoms with Crippen molar-refractivity contribution < 1.29 is 14.7 Å². The lowest BCUT2D eigenvalue weighted by molar-refractivity contribution is 0.0926. The Morgan fingerprint density at radius 2 is 1.59 bits per heavy atom. The second kappa shape index (κ2) is 7.47. The average molecular weight is 319 g/mol. The van der Waals surface area contributed by atoms with Crippen molar-refractivity contribution in [2.24, 2.45) is 0 Å². The molecule has 0 fully saturated rings. The van der Waals surface area contributed by atoms with Crippen LogP contribution in [0.15, 0.2) is 48.5 Å². The van der Waals surface area contributed by atoms with Gasteiger partial charge >= 0.3 is 0 Å². The molecule has 6 heteroatoms. The molecule has 2 aromatic rings. The van der Waals surface area contributed by atoms with Gasteiger partial charge in [0.05, 0.1) is 5.56 Å². The fraction of sp³-hybridized carbons (Fsp3) is 0.125. The third-order valence-electron chi connectivity index (χ3n) is 2.94. The number of phenols is 1. The first-order valence-corrected chi connectivity index (χ1v) is 7.05. The van der Waals surface area contributed by atoms with E-state index >= 15 is 0 Å². The number of phenolic OH excluding ortho intramolecular Hbond substituents is 1. The van der Waals surface area contributed by atoms with Crippen molar-refractivity contribution >= 4 is 23.4 Å². The third-order valence-corrected chi connectivity index (χ3v) is 3.17. The first-order valence-electron chi connectivity index (χ1n) is 6.68. The highest BCUT2D eigenvalue weighted by molar-refractivity contribution is 6.31. The number of aromatic hydroxyl groups is 1. The molecule has 2 amide bonds. The van der Waals surface area contributed by atoms with E-state index in [9.17, 15) is 14.7 Å². The number of benzene rings is 2. The van der Waals surface area contributed by atoms with Crippen LogP contribution >= 0.6 is 11.6 Å². The Kier molecular flexibility index (Phi) is 5.38. The number of halogens is 1. The lowest BCUT2D eigenvalue weighted by Gasteiger charge is -2.08. The van der Waals surface area contributed by atoms with Gasteiger partial charge in [-0.15, -0.1) is 0 Å². The van der Waals surface area contributed by atoms with Gasteiger partial charge in [0.25, 0.3) is 11.8 Å². The third kappa shape index (κ3) is 4.23. The highest BCUT2D eigenvalue weighted by atomic mass is 35.5. The van der Waals surface area contributed by atoms with Crippen molar-refractivity contribution in [2.45, 2.75) is 0 Å². The number of nitrogens with one attached hydrogen (secondary N) is 2. The molecule has 0 radical (unpaired) electrons. The topological polar surface area (TPSA) is 78.4 Å². The predicted octanol–water partition coefficient (Wildman–Crippen LogP) is 2.21. The Morgan fingerprint density at radius 3 is 2.27 bits per heavy atom. The molecule has 0 aliphatic carbocycles. The van der Waals surface area contributed by atoms with Gasteiger partial charge in [-0.05, 0) is 30.3 Å². The van der Waals surface area contributed by atoms with E-state index in [0.717, 1.165) is 0 Å². The molecular weight excluding hydrogens is 304 g/mol. The minimum atomic E-state index is -0.450. The molecule has 0 spiro atoms. The van der Waals surface area contributed by atoms with Crippen LogP contribution in [0.4, 0.5) is 0 Å². The molecule has 0 bridgehead atoms. The van der Waals surface area contributed by atoms with Crippen molar-refractivity contribution in [2.75, 3.05) is 13.1 Å². The molecule has 5 nitrogen and oxygen atoms in total. The molecule has 3 N–H and O–H groups in total. The van der Waals surface area contributed by atoms with Gasteiger partial charge in [0.1, 0.15) is 5.75 Å². The molecule has 114 valence electrons. The Bertz CT molecular complexity index is 674. The zero-order valence-corrected chi connectivity index (χ0v) is 12.4. The summed E-state index contributed by atoms with van der Waals surface area (Å²) in [4.78, 5) is 23.7. The lowest BCUT2D eigenvalue weighted by atomic mass is 10.2. The van der Waals surface area contributed by atoms with E-state index in [0.29, 0.717) is 10.6 Å². The first-order chi connectivity index (χ1) is 10.6. The Hall–Kier alpha value is -2.53. The maximum atomic E-state index is 11.9. The van der Waals surface area contributed by atoms with Crippen LogP contribution < -0.4 is 10.6 Å². The van der Waals surface area contributed by atoms with Gasteiger partial charge in [0, 0.05) is 23.7 Å². The first kappa shape index (κ1) is 15.9. The molecule has 0 saturated carbocycles. The normalized spacial score (nSPS) is 10.0. The number of hydrogen-bond acceptors (Lipinski definition) is 3. The second-order valence-corrected chi connectivity index (χ2v) is 4.98. The molecule has 0 aliphatic rings. The molecule has 0 unspecified atom stereocenters. The zero-order valence-electron chi connectivity index (χ0n) is 11.7. The van der Waals surface area contributed by atoms with Gasteiger partial charge in [-0.2, -0.15) is 0 Å². The van der Waals surface area contributed by atoms with Crippen molar-refractivity contribution in [3.05, 3.63) is 64.7 Å².